The van der Waals surface area contributed by atoms with Crippen LogP contribution in [0.2, 0.25) is 0 Å². The topological polar surface area (TPSA) is 59.4 Å². The Balaban J connectivity index is 2.82. The average Bonchev–Trinajstić information content (AvgIpc) is 2.29. The van der Waals surface area contributed by atoms with E-state index in [4.69, 9.17) is 10.5 Å². The van der Waals surface area contributed by atoms with E-state index < -0.39 is 0 Å². The maximum Gasteiger partial charge on any atom is 0.0556 e. The molecule has 17 heavy (non-hydrogen) atoms. The van der Waals surface area contributed by atoms with E-state index in [1.165, 1.54) is 6.21 Å². The Kier molecular flexibility index (Phi) is 4.66. The third-order valence-corrected chi connectivity index (χ3v) is 2.83. The summed E-state index contributed by atoms with van der Waals surface area (Å²) in [6.07, 6.45) is 9.10. The quantitative estimate of drug-likeness (QED) is 0.629. The van der Waals surface area contributed by atoms with E-state index in [2.05, 4.69) is 19.2 Å². The Bertz CT molecular complexity index is 367. The molecule has 0 radical (unpaired) electrons. The highest BCUT2D eigenvalue weighted by molar-refractivity contribution is 5.70. The Morgan fingerprint density at radius 2 is 2.18 bits per heavy atom. The number of aliphatic hydroxyl groups excluding tert-OH is 1. The lowest BCUT2D eigenvalue weighted by Crippen LogP contribution is -2.43. The van der Waals surface area contributed by atoms with Gasteiger partial charge < -0.3 is 20.7 Å². The predicted molar refractivity (Wildman–Crippen MR) is 71.0 cm³/mol. The van der Waals surface area contributed by atoms with Crippen LogP contribution in [0.3, 0.4) is 0 Å². The zero-order valence-electron chi connectivity index (χ0n) is 10.7. The highest BCUT2D eigenvalue weighted by Crippen LogP contribution is 2.23. The van der Waals surface area contributed by atoms with Gasteiger partial charge in [-0.2, -0.15) is 0 Å². The first-order chi connectivity index (χ1) is 8.01. The molecule has 1 rings (SSSR count). The van der Waals surface area contributed by atoms with Crippen LogP contribution < -0.4 is 5.32 Å². The van der Waals surface area contributed by atoms with E-state index in [1.54, 1.807) is 6.08 Å². The van der Waals surface area contributed by atoms with Gasteiger partial charge in [-0.1, -0.05) is 6.08 Å². The largest absolute Gasteiger partial charge is 0.395 e. The van der Waals surface area contributed by atoms with E-state index in [0.29, 0.717) is 6.54 Å². The van der Waals surface area contributed by atoms with Crippen molar-refractivity contribution in [2.75, 3.05) is 20.2 Å². The molecule has 94 valence electrons. The van der Waals surface area contributed by atoms with Crippen LogP contribution >= 0.6 is 0 Å². The second-order valence-electron chi connectivity index (χ2n) is 4.56. The minimum Gasteiger partial charge on any atom is -0.395 e. The van der Waals surface area contributed by atoms with Crippen molar-refractivity contribution in [1.29, 1.82) is 5.41 Å². The van der Waals surface area contributed by atoms with Crippen LogP contribution in [0, 0.1) is 5.41 Å². The number of nitrogens with zero attached hydrogens (tertiary/aromatic N) is 1. The number of likely N-dealkylation sites (N-methyl/N-ethyl adjacent to an activating group) is 1. The molecule has 1 aliphatic heterocycles. The molecule has 0 aromatic rings. The van der Waals surface area contributed by atoms with Crippen molar-refractivity contribution in [1.82, 2.24) is 10.2 Å². The SMILES string of the molecule is CN1C=C(C(C)(C)NCCO)C=C/C1=C/C=N. The molecule has 0 spiro atoms. The normalized spacial score (nSPS) is 18.5. The number of hydrogen-bond donors (Lipinski definition) is 3. The van der Waals surface area contributed by atoms with Crippen LogP contribution in [0.15, 0.2) is 35.7 Å². The van der Waals surface area contributed by atoms with Gasteiger partial charge in [0, 0.05) is 37.2 Å². The minimum absolute atomic E-state index is 0.134. The number of hydrogen-bond acceptors (Lipinski definition) is 4. The Hall–Kier alpha value is -1.39. The van der Waals surface area contributed by atoms with Crippen LogP contribution in [0.25, 0.3) is 0 Å². The van der Waals surface area contributed by atoms with Gasteiger partial charge in [-0.15, -0.1) is 0 Å². The van der Waals surface area contributed by atoms with Crippen LogP contribution in [0.4, 0.5) is 0 Å². The lowest BCUT2D eigenvalue weighted by atomic mass is 9.92. The fourth-order valence-corrected chi connectivity index (χ4v) is 1.72. The van der Waals surface area contributed by atoms with Crippen molar-refractivity contribution in [3.8, 4) is 0 Å². The summed E-state index contributed by atoms with van der Waals surface area (Å²) in [5.41, 5.74) is 1.96. The van der Waals surface area contributed by atoms with Gasteiger partial charge in [0.25, 0.3) is 0 Å². The molecule has 4 nitrogen and oxygen atoms in total. The van der Waals surface area contributed by atoms with Gasteiger partial charge in [0.2, 0.25) is 0 Å². The molecule has 0 unspecified atom stereocenters. The van der Waals surface area contributed by atoms with Crippen LogP contribution in [-0.4, -0.2) is 42.0 Å². The molecule has 0 bridgehead atoms. The average molecular weight is 235 g/mol. The summed E-state index contributed by atoms with van der Waals surface area (Å²) in [6, 6.07) is 0. The zero-order valence-corrected chi connectivity index (χ0v) is 10.7. The summed E-state index contributed by atoms with van der Waals surface area (Å²) in [5, 5.41) is 19.2. The molecule has 4 heteroatoms. The van der Waals surface area contributed by atoms with Gasteiger partial charge in [-0.25, -0.2) is 0 Å². The van der Waals surface area contributed by atoms with E-state index in [9.17, 15) is 0 Å². The monoisotopic (exact) mass is 235 g/mol. The Labute approximate surface area is 103 Å². The standard InChI is InChI=1S/C13H21N3O/c1-13(2,15-8-9-17)11-4-5-12(6-7-14)16(3)10-11/h4-7,10,14-15,17H,8-9H2,1-3H3/b12-6-,14-7?. The van der Waals surface area contributed by atoms with E-state index in [0.717, 1.165) is 11.3 Å². The van der Waals surface area contributed by atoms with E-state index >= 15 is 0 Å². The second-order valence-corrected chi connectivity index (χ2v) is 4.56. The lowest BCUT2D eigenvalue weighted by molar-refractivity contribution is 0.275. The van der Waals surface area contributed by atoms with Crippen molar-refractivity contribution in [3.63, 3.8) is 0 Å². The summed E-state index contributed by atoms with van der Waals surface area (Å²) in [4.78, 5) is 1.99. The summed E-state index contributed by atoms with van der Waals surface area (Å²) < 4.78 is 0. The first-order valence-corrected chi connectivity index (χ1v) is 5.71. The maximum absolute atomic E-state index is 8.85. The fourth-order valence-electron chi connectivity index (χ4n) is 1.72. The fraction of sp³-hybridized carbons (Fsp3) is 0.462. The summed E-state index contributed by atoms with van der Waals surface area (Å²) in [7, 11) is 1.96. The molecule has 0 aromatic heterocycles. The first kappa shape index (κ1) is 13.7. The maximum atomic E-state index is 8.85. The van der Waals surface area contributed by atoms with E-state index in [1.807, 2.05) is 30.3 Å². The van der Waals surface area contributed by atoms with Crippen LogP contribution in [-0.2, 0) is 0 Å². The zero-order chi connectivity index (χ0) is 12.9. The number of allylic oxidation sites excluding steroid dienone is 2. The molecule has 0 saturated carbocycles. The third kappa shape index (κ3) is 3.54. The first-order valence-electron chi connectivity index (χ1n) is 5.71. The smallest absolute Gasteiger partial charge is 0.0556 e. The molecule has 0 atom stereocenters. The third-order valence-electron chi connectivity index (χ3n) is 2.83. The lowest BCUT2D eigenvalue weighted by Gasteiger charge is -2.32. The van der Waals surface area contributed by atoms with Gasteiger partial charge >= 0.3 is 0 Å². The summed E-state index contributed by atoms with van der Waals surface area (Å²) in [5.74, 6) is 0. The number of nitrogens with one attached hydrogen (secondary N) is 2. The summed E-state index contributed by atoms with van der Waals surface area (Å²) >= 11 is 0. The van der Waals surface area contributed by atoms with Crippen LogP contribution in [0.1, 0.15) is 13.8 Å². The van der Waals surface area contributed by atoms with Crippen molar-refractivity contribution < 1.29 is 5.11 Å². The van der Waals surface area contributed by atoms with Crippen molar-refractivity contribution in [3.05, 3.63) is 35.7 Å². The van der Waals surface area contributed by atoms with E-state index in [-0.39, 0.29) is 12.1 Å². The van der Waals surface area contributed by atoms with Gasteiger partial charge in [-0.3, -0.25) is 0 Å². The molecular formula is C13H21N3O. The molecule has 0 aliphatic carbocycles. The molecule has 3 N–H and O–H groups in total. The van der Waals surface area contributed by atoms with Crippen molar-refractivity contribution >= 4 is 6.21 Å². The molecule has 0 saturated heterocycles. The van der Waals surface area contributed by atoms with Gasteiger partial charge in [0.1, 0.15) is 0 Å². The number of β-amino-alcohol motifs (C(OH)–C–C–N with tert-alkyl or cyclic N) is 1. The number of rotatable bonds is 5. The minimum atomic E-state index is -0.177. The van der Waals surface area contributed by atoms with Gasteiger partial charge in [-0.05, 0) is 31.6 Å². The Morgan fingerprint density at radius 1 is 1.47 bits per heavy atom. The van der Waals surface area contributed by atoms with Gasteiger partial charge in [0.15, 0.2) is 0 Å². The summed E-state index contributed by atoms with van der Waals surface area (Å²) in [6.45, 7) is 4.87. The molecule has 0 aromatic carbocycles. The van der Waals surface area contributed by atoms with Crippen LogP contribution in [0.5, 0.6) is 0 Å². The molecule has 1 heterocycles. The van der Waals surface area contributed by atoms with Crippen molar-refractivity contribution in [2.45, 2.75) is 19.4 Å². The molecule has 0 amide bonds. The predicted octanol–water partition coefficient (Wildman–Crippen LogP) is 1.27. The second kappa shape index (κ2) is 5.80. The number of aliphatic hydroxyl groups is 1. The van der Waals surface area contributed by atoms with Gasteiger partial charge in [0.05, 0.1) is 6.61 Å². The van der Waals surface area contributed by atoms with Crippen molar-refractivity contribution in [2.24, 2.45) is 0 Å². The molecule has 0 fully saturated rings. The highest BCUT2D eigenvalue weighted by atomic mass is 16.3. The molecule has 1 aliphatic rings. The highest BCUT2D eigenvalue weighted by Gasteiger charge is 2.22. The Morgan fingerprint density at radius 3 is 2.71 bits per heavy atom. The molecular weight excluding hydrogens is 214 g/mol.